The average molecular weight is 378 g/mol. The minimum Gasteiger partial charge on any atom is -0.469 e. The van der Waals surface area contributed by atoms with Gasteiger partial charge in [0.15, 0.2) is 5.96 Å². The van der Waals surface area contributed by atoms with Gasteiger partial charge in [0.05, 0.1) is 13.0 Å². The maximum absolute atomic E-state index is 13.5. The fraction of sp³-hybridized carbons (Fsp3) is 0.526. The predicted octanol–water partition coefficient (Wildman–Crippen LogP) is 1.32. The van der Waals surface area contributed by atoms with E-state index in [1.807, 2.05) is 0 Å². The second-order valence-corrected chi connectivity index (χ2v) is 6.48. The van der Waals surface area contributed by atoms with Crippen molar-refractivity contribution in [1.29, 1.82) is 0 Å². The Balaban J connectivity index is 1.74. The lowest BCUT2D eigenvalue weighted by Crippen LogP contribution is -2.48. The number of piperidine rings is 1. The number of aliphatic imine (C=N–C) groups is 1. The van der Waals surface area contributed by atoms with Crippen LogP contribution in [0, 0.1) is 18.7 Å². The Morgan fingerprint density at radius 3 is 2.52 bits per heavy atom. The Morgan fingerprint density at radius 1 is 1.26 bits per heavy atom. The molecule has 0 bridgehead atoms. The monoisotopic (exact) mass is 378 g/mol. The number of ether oxygens (including phenoxy) is 1. The Morgan fingerprint density at radius 2 is 1.93 bits per heavy atom. The van der Waals surface area contributed by atoms with Crippen LogP contribution in [0.5, 0.6) is 0 Å². The molecule has 0 radical (unpaired) electrons. The molecule has 1 fully saturated rings. The molecule has 1 aromatic carbocycles. The number of benzene rings is 1. The maximum Gasteiger partial charge on any atom is 0.308 e. The summed E-state index contributed by atoms with van der Waals surface area (Å²) in [5.74, 6) is -0.193. The first-order chi connectivity index (χ1) is 13.0. The van der Waals surface area contributed by atoms with Gasteiger partial charge in [-0.15, -0.1) is 0 Å². The zero-order valence-electron chi connectivity index (χ0n) is 16.0. The highest BCUT2D eigenvalue weighted by atomic mass is 19.1. The Labute approximate surface area is 159 Å². The summed E-state index contributed by atoms with van der Waals surface area (Å²) in [6.07, 6.45) is 1.45. The molecule has 1 aliphatic heterocycles. The molecule has 27 heavy (non-hydrogen) atoms. The summed E-state index contributed by atoms with van der Waals surface area (Å²) in [4.78, 5) is 30.0. The number of amides is 1. The Bertz CT molecular complexity index is 700. The molecule has 1 aliphatic rings. The van der Waals surface area contributed by atoms with Crippen molar-refractivity contribution in [2.24, 2.45) is 10.9 Å². The number of guanidine groups is 1. The smallest absolute Gasteiger partial charge is 0.308 e. The predicted molar refractivity (Wildman–Crippen MR) is 101 cm³/mol. The fourth-order valence-corrected chi connectivity index (χ4v) is 3.01. The number of carbonyl (C=O) groups excluding carboxylic acids is 2. The summed E-state index contributed by atoms with van der Waals surface area (Å²) < 4.78 is 18.3. The summed E-state index contributed by atoms with van der Waals surface area (Å²) >= 11 is 0. The minimum absolute atomic E-state index is 0.0569. The number of esters is 1. The van der Waals surface area contributed by atoms with Crippen LogP contribution in [0.2, 0.25) is 0 Å². The molecule has 2 N–H and O–H groups in total. The quantitative estimate of drug-likeness (QED) is 0.350. The van der Waals surface area contributed by atoms with E-state index < -0.39 is 5.82 Å². The number of likely N-dealkylation sites (tertiary alicyclic amines) is 1. The largest absolute Gasteiger partial charge is 0.469 e. The molecule has 0 saturated carbocycles. The van der Waals surface area contributed by atoms with Gasteiger partial charge in [0.1, 0.15) is 5.82 Å². The topological polar surface area (TPSA) is 83.0 Å². The minimum atomic E-state index is -0.392. The van der Waals surface area contributed by atoms with Crippen molar-refractivity contribution in [2.75, 3.05) is 40.3 Å². The zero-order valence-corrected chi connectivity index (χ0v) is 16.0. The molecule has 1 amide bonds. The van der Waals surface area contributed by atoms with Gasteiger partial charge in [-0.05, 0) is 37.5 Å². The Hall–Kier alpha value is -2.64. The molecule has 7 nitrogen and oxygen atoms in total. The molecule has 1 heterocycles. The van der Waals surface area contributed by atoms with E-state index in [-0.39, 0.29) is 17.8 Å². The maximum atomic E-state index is 13.5. The SMILES string of the molecule is CN=C(NCCNC(=O)c1ccc(C)c(F)c1)N1CCC(C(=O)OC)CC1. The van der Waals surface area contributed by atoms with Gasteiger partial charge in [-0.2, -0.15) is 0 Å². The lowest BCUT2D eigenvalue weighted by molar-refractivity contribution is -0.146. The Kier molecular flexibility index (Phi) is 7.57. The van der Waals surface area contributed by atoms with Gasteiger partial charge >= 0.3 is 5.97 Å². The van der Waals surface area contributed by atoms with Gasteiger partial charge < -0.3 is 20.3 Å². The van der Waals surface area contributed by atoms with Crippen LogP contribution in [0.1, 0.15) is 28.8 Å². The van der Waals surface area contributed by atoms with E-state index in [0.29, 0.717) is 37.3 Å². The third kappa shape index (κ3) is 5.67. The van der Waals surface area contributed by atoms with Crippen molar-refractivity contribution >= 4 is 17.8 Å². The number of hydrogen-bond acceptors (Lipinski definition) is 4. The second-order valence-electron chi connectivity index (χ2n) is 6.48. The van der Waals surface area contributed by atoms with Crippen LogP contribution in [0.4, 0.5) is 4.39 Å². The number of nitrogens with one attached hydrogen (secondary N) is 2. The van der Waals surface area contributed by atoms with Crippen LogP contribution >= 0.6 is 0 Å². The highest BCUT2D eigenvalue weighted by Crippen LogP contribution is 2.18. The van der Waals surface area contributed by atoms with E-state index in [2.05, 4.69) is 20.5 Å². The van der Waals surface area contributed by atoms with Crippen molar-refractivity contribution in [3.05, 3.63) is 35.1 Å². The summed E-state index contributed by atoms with van der Waals surface area (Å²) in [5, 5.41) is 5.95. The summed E-state index contributed by atoms with van der Waals surface area (Å²) in [6, 6.07) is 4.43. The van der Waals surface area contributed by atoms with E-state index in [9.17, 15) is 14.0 Å². The number of rotatable bonds is 5. The highest BCUT2D eigenvalue weighted by molar-refractivity contribution is 5.94. The summed E-state index contributed by atoms with van der Waals surface area (Å²) in [7, 11) is 3.11. The molecule has 148 valence electrons. The molecule has 1 saturated heterocycles. The third-order valence-electron chi connectivity index (χ3n) is 4.67. The third-order valence-corrected chi connectivity index (χ3v) is 4.67. The molecule has 0 atom stereocenters. The normalized spacial score (nSPS) is 15.4. The number of hydrogen-bond donors (Lipinski definition) is 2. The van der Waals surface area contributed by atoms with Crippen molar-refractivity contribution in [2.45, 2.75) is 19.8 Å². The van der Waals surface area contributed by atoms with Crippen LogP contribution in [0.25, 0.3) is 0 Å². The average Bonchev–Trinajstić information content (AvgIpc) is 2.69. The number of aryl methyl sites for hydroxylation is 1. The highest BCUT2D eigenvalue weighted by Gasteiger charge is 2.26. The fourth-order valence-electron chi connectivity index (χ4n) is 3.01. The lowest BCUT2D eigenvalue weighted by atomic mass is 9.97. The van der Waals surface area contributed by atoms with Crippen LogP contribution in [-0.2, 0) is 9.53 Å². The number of methoxy groups -OCH3 is 1. The molecule has 8 heteroatoms. The van der Waals surface area contributed by atoms with E-state index in [4.69, 9.17) is 4.74 Å². The van der Waals surface area contributed by atoms with Crippen molar-refractivity contribution in [3.63, 3.8) is 0 Å². The van der Waals surface area contributed by atoms with Crippen LogP contribution in [0.15, 0.2) is 23.2 Å². The van der Waals surface area contributed by atoms with E-state index >= 15 is 0 Å². The van der Waals surface area contributed by atoms with Gasteiger partial charge in [0.25, 0.3) is 5.91 Å². The van der Waals surface area contributed by atoms with Crippen molar-refractivity contribution in [1.82, 2.24) is 15.5 Å². The van der Waals surface area contributed by atoms with E-state index in [1.165, 1.54) is 13.2 Å². The molecule has 0 aromatic heterocycles. The number of halogens is 1. The number of carbonyl (C=O) groups is 2. The van der Waals surface area contributed by atoms with Crippen molar-refractivity contribution in [3.8, 4) is 0 Å². The molecular weight excluding hydrogens is 351 g/mol. The van der Waals surface area contributed by atoms with Crippen LogP contribution in [-0.4, -0.2) is 63.1 Å². The van der Waals surface area contributed by atoms with Gasteiger partial charge in [-0.1, -0.05) is 6.07 Å². The van der Waals surface area contributed by atoms with Gasteiger partial charge in [0.2, 0.25) is 0 Å². The van der Waals surface area contributed by atoms with Crippen molar-refractivity contribution < 1.29 is 18.7 Å². The molecule has 0 unspecified atom stereocenters. The van der Waals surface area contributed by atoms with Gasteiger partial charge in [-0.25, -0.2) is 4.39 Å². The molecule has 0 aliphatic carbocycles. The molecular formula is C19H27FN4O3. The van der Waals surface area contributed by atoms with Gasteiger partial charge in [-0.3, -0.25) is 14.6 Å². The number of nitrogens with zero attached hydrogens (tertiary/aromatic N) is 2. The zero-order chi connectivity index (χ0) is 19.8. The van der Waals surface area contributed by atoms with Crippen LogP contribution < -0.4 is 10.6 Å². The first kappa shape index (κ1) is 20.7. The molecule has 1 aromatic rings. The van der Waals surface area contributed by atoms with Gasteiger partial charge in [0, 0.05) is 38.8 Å². The molecule has 2 rings (SSSR count). The van der Waals surface area contributed by atoms with E-state index in [0.717, 1.165) is 18.8 Å². The lowest BCUT2D eigenvalue weighted by Gasteiger charge is -2.33. The summed E-state index contributed by atoms with van der Waals surface area (Å²) in [5.41, 5.74) is 0.806. The first-order valence-corrected chi connectivity index (χ1v) is 9.04. The van der Waals surface area contributed by atoms with E-state index in [1.54, 1.807) is 26.1 Å². The van der Waals surface area contributed by atoms with Crippen LogP contribution in [0.3, 0.4) is 0 Å². The first-order valence-electron chi connectivity index (χ1n) is 9.04. The second kappa shape index (κ2) is 9.89. The molecule has 0 spiro atoms. The standard InChI is InChI=1S/C19H27FN4O3/c1-13-4-5-15(12-16(13)20)17(25)22-8-9-23-19(21-2)24-10-6-14(7-11-24)18(26)27-3/h4-5,12,14H,6-11H2,1-3H3,(H,21,23)(H,22,25). The summed E-state index contributed by atoms with van der Waals surface area (Å²) in [6.45, 7) is 3.96.